The fourth-order valence-corrected chi connectivity index (χ4v) is 1.49. The number of ether oxygens (including phenoxy) is 2. The monoisotopic (exact) mass is 232 g/mol. The van der Waals surface area contributed by atoms with Gasteiger partial charge in [0, 0.05) is 0 Å². The number of hydrogen-bond donors (Lipinski definition) is 0. The van der Waals surface area contributed by atoms with Crippen LogP contribution in [0.25, 0.3) is 11.4 Å². The summed E-state index contributed by atoms with van der Waals surface area (Å²) in [6, 6.07) is 7.24. The highest BCUT2D eigenvalue weighted by Gasteiger charge is 2.19. The van der Waals surface area contributed by atoms with Gasteiger partial charge in [-0.25, -0.2) is 4.79 Å². The average Bonchev–Trinajstić information content (AvgIpc) is 2.62. The van der Waals surface area contributed by atoms with Gasteiger partial charge < -0.3 is 9.47 Å². The van der Waals surface area contributed by atoms with Crippen molar-refractivity contribution in [1.29, 1.82) is 0 Å². The number of rotatable bonds is 3. The molecule has 2 aliphatic rings. The highest BCUT2D eigenvalue weighted by atomic mass is 16.5. The Labute approximate surface area is 98.8 Å². The highest BCUT2D eigenvalue weighted by Crippen LogP contribution is 2.25. The Hall–Kier alpha value is -2.17. The number of nitrogens with zero attached hydrogens (tertiary/aromatic N) is 2. The molecule has 0 spiro atoms. The molecule has 0 aromatic rings. The third-order valence-corrected chi connectivity index (χ3v) is 2.23. The lowest BCUT2D eigenvalue weighted by Gasteiger charge is -1.98. The van der Waals surface area contributed by atoms with Crippen LogP contribution < -0.4 is 4.74 Å². The van der Waals surface area contributed by atoms with Gasteiger partial charge in [-0.05, 0) is 19.1 Å². The van der Waals surface area contributed by atoms with E-state index in [1.54, 1.807) is 24.3 Å². The van der Waals surface area contributed by atoms with Crippen molar-refractivity contribution in [1.82, 2.24) is 9.97 Å². The van der Waals surface area contributed by atoms with Gasteiger partial charge in [-0.2, -0.15) is 9.97 Å². The van der Waals surface area contributed by atoms with Crippen LogP contribution in [-0.4, -0.2) is 29.7 Å². The Morgan fingerprint density at radius 2 is 2.06 bits per heavy atom. The molecule has 0 fully saturated rings. The van der Waals surface area contributed by atoms with Crippen molar-refractivity contribution < 1.29 is 14.3 Å². The van der Waals surface area contributed by atoms with Gasteiger partial charge in [0.1, 0.15) is 5.69 Å². The van der Waals surface area contributed by atoms with Crippen LogP contribution in [0.4, 0.5) is 0 Å². The second-order valence-corrected chi connectivity index (χ2v) is 3.30. The zero-order chi connectivity index (χ0) is 12.3. The smallest absolute Gasteiger partial charge is 0.340 e. The Kier molecular flexibility index (Phi) is 3.18. The highest BCUT2D eigenvalue weighted by molar-refractivity contribution is 5.95. The Morgan fingerprint density at radius 1 is 1.29 bits per heavy atom. The van der Waals surface area contributed by atoms with Crippen LogP contribution in [0.15, 0.2) is 24.3 Å². The SMILES string of the molecule is CCOc1nc2ccccc(C(=O)OC)c-2n1. The molecule has 2 rings (SSSR count). The summed E-state index contributed by atoms with van der Waals surface area (Å²) in [7, 11) is 1.33. The molecular weight excluding hydrogens is 220 g/mol. The first kappa shape index (κ1) is 11.3. The maximum Gasteiger partial charge on any atom is 0.340 e. The van der Waals surface area contributed by atoms with E-state index in [-0.39, 0.29) is 6.01 Å². The molecule has 88 valence electrons. The van der Waals surface area contributed by atoms with Crippen LogP contribution in [0, 0.1) is 0 Å². The van der Waals surface area contributed by atoms with Crippen molar-refractivity contribution in [2.75, 3.05) is 13.7 Å². The van der Waals surface area contributed by atoms with Gasteiger partial charge in [-0.1, -0.05) is 12.1 Å². The molecule has 1 heterocycles. The van der Waals surface area contributed by atoms with Gasteiger partial charge in [-0.3, -0.25) is 0 Å². The molecule has 0 saturated carbocycles. The molecule has 5 nitrogen and oxygen atoms in total. The minimum atomic E-state index is -0.436. The summed E-state index contributed by atoms with van der Waals surface area (Å²) < 4.78 is 9.92. The van der Waals surface area contributed by atoms with Gasteiger partial charge in [0.05, 0.1) is 25.0 Å². The first-order valence-corrected chi connectivity index (χ1v) is 5.24. The fourth-order valence-electron chi connectivity index (χ4n) is 1.49. The summed E-state index contributed by atoms with van der Waals surface area (Å²) in [5, 5.41) is 0. The maximum atomic E-state index is 11.6. The van der Waals surface area contributed by atoms with E-state index in [2.05, 4.69) is 9.97 Å². The molecular formula is C12H12N2O3. The van der Waals surface area contributed by atoms with Gasteiger partial charge >= 0.3 is 12.0 Å². The molecule has 0 aromatic carbocycles. The normalized spacial score (nSPS) is 10.2. The summed E-state index contributed by atoms with van der Waals surface area (Å²) in [5.74, 6) is -0.436. The van der Waals surface area contributed by atoms with E-state index in [0.29, 0.717) is 23.6 Å². The number of fused-ring (bicyclic) bond motifs is 1. The van der Waals surface area contributed by atoms with Crippen LogP contribution in [-0.2, 0) is 4.74 Å². The number of esters is 1. The summed E-state index contributed by atoms with van der Waals surface area (Å²) in [6.07, 6.45) is 0. The zero-order valence-electron chi connectivity index (χ0n) is 9.64. The quantitative estimate of drug-likeness (QED) is 0.755. The summed E-state index contributed by atoms with van der Waals surface area (Å²) in [4.78, 5) is 20.0. The lowest BCUT2D eigenvalue weighted by molar-refractivity contribution is 0.0601. The van der Waals surface area contributed by atoms with Crippen LogP contribution in [0.5, 0.6) is 6.01 Å². The van der Waals surface area contributed by atoms with Crippen molar-refractivity contribution in [3.8, 4) is 17.4 Å². The van der Waals surface area contributed by atoms with Crippen molar-refractivity contribution >= 4 is 5.97 Å². The van der Waals surface area contributed by atoms with Crippen LogP contribution in [0.2, 0.25) is 0 Å². The number of hydrogen-bond acceptors (Lipinski definition) is 5. The van der Waals surface area contributed by atoms with E-state index in [1.807, 2.05) is 6.92 Å². The standard InChI is InChI=1S/C12H12N2O3/c1-3-17-12-13-9-7-5-4-6-8(10(9)14-12)11(15)16-2/h4-7H,3H2,1-2H3. The van der Waals surface area contributed by atoms with E-state index >= 15 is 0 Å². The van der Waals surface area contributed by atoms with E-state index in [4.69, 9.17) is 9.47 Å². The lowest BCUT2D eigenvalue weighted by atomic mass is 10.2. The molecule has 1 aliphatic heterocycles. The predicted octanol–water partition coefficient (Wildman–Crippen LogP) is 1.77. The largest absolute Gasteiger partial charge is 0.465 e. The summed E-state index contributed by atoms with van der Waals surface area (Å²) in [6.45, 7) is 2.33. The minimum Gasteiger partial charge on any atom is -0.465 e. The van der Waals surface area contributed by atoms with Crippen molar-refractivity contribution in [2.24, 2.45) is 0 Å². The van der Waals surface area contributed by atoms with Crippen molar-refractivity contribution in [3.05, 3.63) is 29.8 Å². The van der Waals surface area contributed by atoms with E-state index in [1.165, 1.54) is 7.11 Å². The van der Waals surface area contributed by atoms with Crippen LogP contribution in [0.1, 0.15) is 17.3 Å². The molecule has 0 bridgehead atoms. The molecule has 1 aliphatic carbocycles. The summed E-state index contributed by atoms with van der Waals surface area (Å²) >= 11 is 0. The average molecular weight is 232 g/mol. The molecule has 5 heteroatoms. The second-order valence-electron chi connectivity index (χ2n) is 3.30. The predicted molar refractivity (Wildman–Crippen MR) is 61.2 cm³/mol. The topological polar surface area (TPSA) is 61.3 Å². The third kappa shape index (κ3) is 2.18. The molecule has 0 radical (unpaired) electrons. The third-order valence-electron chi connectivity index (χ3n) is 2.23. The van der Waals surface area contributed by atoms with Crippen LogP contribution in [0.3, 0.4) is 0 Å². The van der Waals surface area contributed by atoms with Crippen LogP contribution >= 0.6 is 0 Å². The fraction of sp³-hybridized carbons (Fsp3) is 0.250. The van der Waals surface area contributed by atoms with Crippen molar-refractivity contribution in [2.45, 2.75) is 6.92 Å². The van der Waals surface area contributed by atoms with Crippen molar-refractivity contribution in [3.63, 3.8) is 0 Å². The molecule has 0 unspecified atom stereocenters. The molecule has 0 atom stereocenters. The molecule has 0 amide bonds. The Bertz CT molecular complexity index is 513. The van der Waals surface area contributed by atoms with Gasteiger partial charge in [0.2, 0.25) is 0 Å². The minimum absolute atomic E-state index is 0.277. The second kappa shape index (κ2) is 4.78. The number of carbonyl (C=O) groups excluding carboxylic acids is 1. The number of imidazole rings is 1. The number of methoxy groups -OCH3 is 1. The molecule has 17 heavy (non-hydrogen) atoms. The van der Waals surface area contributed by atoms with E-state index < -0.39 is 5.97 Å². The molecule has 0 aromatic heterocycles. The first-order valence-electron chi connectivity index (χ1n) is 5.24. The summed E-state index contributed by atoms with van der Waals surface area (Å²) in [5.41, 5.74) is 1.48. The van der Waals surface area contributed by atoms with E-state index in [0.717, 1.165) is 0 Å². The van der Waals surface area contributed by atoms with Gasteiger partial charge in [-0.15, -0.1) is 0 Å². The number of carbonyl (C=O) groups is 1. The van der Waals surface area contributed by atoms with E-state index in [9.17, 15) is 4.79 Å². The maximum absolute atomic E-state index is 11.6. The molecule has 0 saturated heterocycles. The molecule has 0 N–H and O–H groups in total. The van der Waals surface area contributed by atoms with Gasteiger partial charge in [0.25, 0.3) is 0 Å². The lowest BCUT2D eigenvalue weighted by Crippen LogP contribution is -2.02. The first-order chi connectivity index (χ1) is 8.26. The Balaban J connectivity index is 2.55. The number of aromatic nitrogens is 2. The van der Waals surface area contributed by atoms with Gasteiger partial charge in [0.15, 0.2) is 0 Å². The Morgan fingerprint density at radius 3 is 2.76 bits per heavy atom. The zero-order valence-corrected chi connectivity index (χ0v) is 9.64.